The second-order valence-corrected chi connectivity index (χ2v) is 9.62. The maximum Gasteiger partial charge on any atom is 0.345 e. The summed E-state index contributed by atoms with van der Waals surface area (Å²) in [5, 5.41) is 12.3. The number of carbonyl (C=O) groups is 2. The third-order valence-corrected chi connectivity index (χ3v) is 6.26. The number of amides is 3. The minimum atomic E-state index is -3.03. The number of halogens is 6. The van der Waals surface area contributed by atoms with Gasteiger partial charge in [-0.1, -0.05) is 11.6 Å². The number of nitrogens with zero attached hydrogens (tertiary/aromatic N) is 5. The lowest BCUT2D eigenvalue weighted by Gasteiger charge is -2.32. The van der Waals surface area contributed by atoms with Gasteiger partial charge in [0.2, 0.25) is 5.92 Å². The van der Waals surface area contributed by atoms with E-state index in [-0.39, 0.29) is 37.2 Å². The van der Waals surface area contributed by atoms with Gasteiger partial charge in [-0.2, -0.15) is 13.9 Å². The zero-order chi connectivity index (χ0) is 29.6. The van der Waals surface area contributed by atoms with E-state index >= 15 is 0 Å². The first-order chi connectivity index (χ1) is 19.4. The number of fused-ring (bicyclic) bond motifs is 1. The molecule has 2 fully saturated rings. The highest BCUT2D eigenvalue weighted by atomic mass is 19.3. The average molecular weight is 592 g/mol. The predicted molar refractivity (Wildman–Crippen MR) is 128 cm³/mol. The summed E-state index contributed by atoms with van der Waals surface area (Å²) in [7, 11) is 0. The fourth-order valence-electron chi connectivity index (χ4n) is 4.23. The van der Waals surface area contributed by atoms with Crippen LogP contribution in [0, 0.1) is 0 Å². The Balaban J connectivity index is 0.000000417. The number of hydrogen-bond donors (Lipinski definition) is 2. The molecule has 0 aromatic carbocycles. The van der Waals surface area contributed by atoms with E-state index in [2.05, 4.69) is 35.1 Å². The molecular formula is C24H27F6N7O4. The molecule has 17 heteroatoms. The van der Waals surface area contributed by atoms with Crippen molar-refractivity contribution >= 4 is 17.6 Å². The number of rotatable bonds is 8. The van der Waals surface area contributed by atoms with Gasteiger partial charge in [-0.15, -0.1) is 0 Å². The van der Waals surface area contributed by atoms with E-state index in [0.29, 0.717) is 29.7 Å². The molecule has 1 saturated heterocycles. The minimum absolute atomic E-state index is 0.0292. The van der Waals surface area contributed by atoms with Crippen molar-refractivity contribution in [2.75, 3.05) is 13.1 Å². The number of nitrogens with one attached hydrogen (secondary N) is 2. The van der Waals surface area contributed by atoms with Gasteiger partial charge < -0.3 is 24.8 Å². The Morgan fingerprint density at radius 2 is 1.93 bits per heavy atom. The molecule has 3 amide bonds. The van der Waals surface area contributed by atoms with Gasteiger partial charge >= 0.3 is 12.6 Å². The topological polar surface area (TPSA) is 127 Å². The van der Waals surface area contributed by atoms with Gasteiger partial charge in [0.25, 0.3) is 11.8 Å². The van der Waals surface area contributed by atoms with Crippen molar-refractivity contribution in [3.05, 3.63) is 47.2 Å². The molecule has 0 atom stereocenters. The molecule has 3 aromatic rings. The lowest BCUT2D eigenvalue weighted by molar-refractivity contribution is -0.138. The molecule has 2 N–H and O–H groups in total. The fourth-order valence-corrected chi connectivity index (χ4v) is 4.23. The highest BCUT2D eigenvalue weighted by molar-refractivity contribution is 5.94. The second-order valence-electron chi connectivity index (χ2n) is 9.62. The molecule has 11 nitrogen and oxygen atoms in total. The van der Waals surface area contributed by atoms with E-state index in [1.807, 2.05) is 0 Å². The second kappa shape index (κ2) is 12.7. The maximum absolute atomic E-state index is 13.6. The van der Waals surface area contributed by atoms with Crippen molar-refractivity contribution < 1.29 is 45.2 Å². The molecule has 0 spiro atoms. The highest BCUT2D eigenvalue weighted by Crippen LogP contribution is 2.32. The third-order valence-electron chi connectivity index (χ3n) is 6.26. The Kier molecular flexibility index (Phi) is 9.35. The minimum Gasteiger partial charge on any atom is -0.364 e. The zero-order valence-electron chi connectivity index (χ0n) is 21.6. The van der Waals surface area contributed by atoms with E-state index in [1.165, 1.54) is 16.9 Å². The molecule has 2 aliphatic rings. The van der Waals surface area contributed by atoms with E-state index < -0.39 is 50.1 Å². The Morgan fingerprint density at radius 1 is 1.17 bits per heavy atom. The summed E-state index contributed by atoms with van der Waals surface area (Å²) in [5.74, 6) is -5.98. The SMILES string of the molecule is FC1(F)CCCCC1.O=C(NCc1cn2ncc(CN3CC(F)(F)CNC3=O)cc2n1)c1conc1COC(F)F. The van der Waals surface area contributed by atoms with Crippen LogP contribution in [-0.2, 0) is 24.4 Å². The summed E-state index contributed by atoms with van der Waals surface area (Å²) < 4.78 is 86.1. The number of urea groups is 1. The zero-order valence-corrected chi connectivity index (χ0v) is 21.6. The first kappa shape index (κ1) is 30.1. The van der Waals surface area contributed by atoms with Crippen LogP contribution in [0.15, 0.2) is 29.2 Å². The Morgan fingerprint density at radius 3 is 2.61 bits per heavy atom. The molecule has 1 saturated carbocycles. The average Bonchev–Trinajstić information content (AvgIpc) is 3.55. The Labute approximate surface area is 229 Å². The summed E-state index contributed by atoms with van der Waals surface area (Å²) in [5.41, 5.74) is 1.14. The van der Waals surface area contributed by atoms with E-state index in [9.17, 15) is 35.9 Å². The number of alkyl halides is 6. The molecule has 4 heterocycles. The summed E-state index contributed by atoms with van der Waals surface area (Å²) in [4.78, 5) is 29.4. The number of aromatic nitrogens is 4. The van der Waals surface area contributed by atoms with Crippen LogP contribution in [-0.4, -0.2) is 68.1 Å². The van der Waals surface area contributed by atoms with Crippen molar-refractivity contribution in [2.45, 2.75) is 70.3 Å². The standard InChI is InChI=1S/C18H17F4N7O4.C6H10F2/c19-16(20)32-7-13-12(6-33-27-13)15(30)23-3-11-5-29-14(26-11)1-10(2-25-29)4-28-9-18(21,22)8-24-17(28)31;7-6(8)4-2-1-3-5-6/h1-2,5-6,16H,3-4,7-9H2,(H,23,30)(H,24,31);1-5H2. The molecule has 224 valence electrons. The number of ether oxygens (including phenoxy) is 1. The van der Waals surface area contributed by atoms with Crippen LogP contribution in [0.3, 0.4) is 0 Å². The van der Waals surface area contributed by atoms with Crippen molar-refractivity contribution in [1.82, 2.24) is 35.3 Å². The van der Waals surface area contributed by atoms with Crippen LogP contribution >= 0.6 is 0 Å². The first-order valence-electron chi connectivity index (χ1n) is 12.6. The lowest BCUT2D eigenvalue weighted by Crippen LogP contribution is -2.56. The van der Waals surface area contributed by atoms with Gasteiger partial charge in [0.1, 0.15) is 17.5 Å². The summed E-state index contributed by atoms with van der Waals surface area (Å²) in [6, 6.07) is 0.984. The van der Waals surface area contributed by atoms with E-state index in [1.54, 1.807) is 6.07 Å². The van der Waals surface area contributed by atoms with Crippen LogP contribution in [0.5, 0.6) is 0 Å². The Bertz CT molecular complexity index is 1340. The summed E-state index contributed by atoms with van der Waals surface area (Å²) in [6.45, 7) is -5.14. The van der Waals surface area contributed by atoms with Crippen LogP contribution in [0.1, 0.15) is 59.4 Å². The third kappa shape index (κ3) is 8.55. The van der Waals surface area contributed by atoms with Gasteiger partial charge in [-0.25, -0.2) is 31.9 Å². The molecule has 1 aliphatic heterocycles. The predicted octanol–water partition coefficient (Wildman–Crippen LogP) is 4.13. The molecule has 0 bridgehead atoms. The first-order valence-corrected chi connectivity index (χ1v) is 12.6. The van der Waals surface area contributed by atoms with Crippen molar-refractivity contribution in [3.8, 4) is 0 Å². The van der Waals surface area contributed by atoms with Gasteiger partial charge in [0.15, 0.2) is 5.65 Å². The smallest absolute Gasteiger partial charge is 0.345 e. The molecule has 1 aliphatic carbocycles. The van der Waals surface area contributed by atoms with E-state index in [0.717, 1.165) is 17.6 Å². The number of carbonyl (C=O) groups excluding carboxylic acids is 2. The van der Waals surface area contributed by atoms with Crippen LogP contribution in [0.4, 0.5) is 31.1 Å². The van der Waals surface area contributed by atoms with Crippen LogP contribution < -0.4 is 10.6 Å². The number of hydrogen-bond acceptors (Lipinski definition) is 7. The maximum atomic E-state index is 13.6. The molecular weight excluding hydrogens is 564 g/mol. The van der Waals surface area contributed by atoms with Gasteiger partial charge in [0.05, 0.1) is 44.3 Å². The van der Waals surface area contributed by atoms with Gasteiger partial charge in [-0.05, 0) is 24.5 Å². The summed E-state index contributed by atoms with van der Waals surface area (Å²) >= 11 is 0. The van der Waals surface area contributed by atoms with Crippen LogP contribution in [0.25, 0.3) is 5.65 Å². The van der Waals surface area contributed by atoms with Crippen molar-refractivity contribution in [3.63, 3.8) is 0 Å². The van der Waals surface area contributed by atoms with Crippen molar-refractivity contribution in [1.29, 1.82) is 0 Å². The van der Waals surface area contributed by atoms with Gasteiger partial charge in [0, 0.05) is 19.4 Å². The number of imidazole rings is 1. The van der Waals surface area contributed by atoms with E-state index in [4.69, 9.17) is 0 Å². The molecule has 41 heavy (non-hydrogen) atoms. The molecule has 0 radical (unpaired) electrons. The largest absolute Gasteiger partial charge is 0.364 e. The van der Waals surface area contributed by atoms with Gasteiger partial charge in [-0.3, -0.25) is 4.79 Å². The van der Waals surface area contributed by atoms with Crippen molar-refractivity contribution in [2.24, 2.45) is 0 Å². The highest BCUT2D eigenvalue weighted by Gasteiger charge is 2.38. The molecule has 3 aromatic heterocycles. The lowest BCUT2D eigenvalue weighted by atomic mass is 9.97. The normalized spacial score (nSPS) is 18.1. The molecule has 5 rings (SSSR count). The van der Waals surface area contributed by atoms with Crippen LogP contribution in [0.2, 0.25) is 0 Å². The fraction of sp³-hybridized carbons (Fsp3) is 0.542. The Hall–Kier alpha value is -3.89. The molecule has 0 unspecified atom stereocenters. The summed E-state index contributed by atoms with van der Waals surface area (Å²) in [6.07, 6.45) is 6.63. The quantitative estimate of drug-likeness (QED) is 0.377. The monoisotopic (exact) mass is 591 g/mol.